The van der Waals surface area contributed by atoms with Crippen molar-refractivity contribution in [1.82, 2.24) is 0 Å². The van der Waals surface area contributed by atoms with Gasteiger partial charge in [-0.05, 0) is 114 Å². The van der Waals surface area contributed by atoms with Gasteiger partial charge in [-0.1, -0.05) is 62.4 Å². The summed E-state index contributed by atoms with van der Waals surface area (Å²) in [6, 6.07) is 34.8. The van der Waals surface area contributed by atoms with Crippen molar-refractivity contribution in [2.75, 3.05) is 4.90 Å². The number of aryl methyl sites for hydroxylation is 2. The van der Waals surface area contributed by atoms with E-state index < -0.39 is 0 Å². The Hall–Kier alpha value is -4.90. The molecule has 0 radical (unpaired) electrons. The van der Waals surface area contributed by atoms with Gasteiger partial charge in [-0.2, -0.15) is 0 Å². The van der Waals surface area contributed by atoms with Crippen LogP contribution in [0.2, 0.25) is 0 Å². The molecule has 6 rings (SSSR count). The van der Waals surface area contributed by atoms with E-state index >= 15 is 0 Å². The molecule has 0 saturated carbocycles. The molecule has 4 heteroatoms. The normalized spacial score (nSPS) is 13.2. The first-order valence-electron chi connectivity index (χ1n) is 14.0. The molecule has 3 nitrogen and oxygen atoms in total. The van der Waals surface area contributed by atoms with E-state index in [1.165, 1.54) is 49.4 Å². The number of thiophene rings is 1. The summed E-state index contributed by atoms with van der Waals surface area (Å²) in [6.07, 6.45) is 1.70. The average Bonchev–Trinajstić information content (AvgIpc) is 3.51. The minimum absolute atomic E-state index is 0.112. The first kappa shape index (κ1) is 27.3. The Bertz CT molecular complexity index is 1910. The van der Waals surface area contributed by atoms with Crippen LogP contribution < -0.4 is 4.90 Å². The van der Waals surface area contributed by atoms with Gasteiger partial charge in [0.1, 0.15) is 0 Å². The van der Waals surface area contributed by atoms with Crippen LogP contribution in [0.3, 0.4) is 0 Å². The Morgan fingerprint density at radius 1 is 0.810 bits per heavy atom. The number of allylic oxidation sites excluding steroid dienone is 1. The van der Waals surface area contributed by atoms with Gasteiger partial charge in [0.25, 0.3) is 5.70 Å². The Kier molecular flexibility index (Phi) is 6.82. The van der Waals surface area contributed by atoms with E-state index in [0.29, 0.717) is 0 Å². The van der Waals surface area contributed by atoms with E-state index in [2.05, 4.69) is 129 Å². The molecule has 1 aromatic heterocycles. The molecule has 204 valence electrons. The predicted molar refractivity (Wildman–Crippen MR) is 176 cm³/mol. The standard InChI is InChI=1S/C38H31N3S/c1-24-18-32(19-25(2)26(24)3)41(30-14-12-28(13-15-30)27-10-8-7-9-11-27)31-16-17-34-35(21-31)38(4,5)36-22-33(42-37(34)36)20-29(23-39)40-6/h7-22H,1-5H3/b29-20-. The lowest BCUT2D eigenvalue weighted by atomic mass is 9.82. The molecule has 0 atom stereocenters. The third kappa shape index (κ3) is 4.61. The molecule has 4 aromatic carbocycles. The van der Waals surface area contributed by atoms with Crippen LogP contribution in [0, 0.1) is 38.7 Å². The first-order valence-corrected chi connectivity index (χ1v) is 14.8. The number of benzene rings is 4. The Morgan fingerprint density at radius 3 is 2.10 bits per heavy atom. The monoisotopic (exact) mass is 561 g/mol. The lowest BCUT2D eigenvalue weighted by Gasteiger charge is -2.29. The van der Waals surface area contributed by atoms with E-state index in [1.807, 2.05) is 12.1 Å². The Labute approximate surface area is 252 Å². The molecule has 1 aliphatic carbocycles. The zero-order valence-electron chi connectivity index (χ0n) is 24.5. The molecule has 0 aliphatic heterocycles. The minimum Gasteiger partial charge on any atom is -0.310 e. The molecule has 1 heterocycles. The Balaban J connectivity index is 1.48. The zero-order chi connectivity index (χ0) is 29.6. The van der Waals surface area contributed by atoms with E-state index in [-0.39, 0.29) is 11.1 Å². The number of hydrogen-bond donors (Lipinski definition) is 0. The third-order valence-corrected chi connectivity index (χ3v) is 9.64. The summed E-state index contributed by atoms with van der Waals surface area (Å²) in [5, 5.41) is 9.26. The number of hydrogen-bond acceptors (Lipinski definition) is 3. The van der Waals surface area contributed by atoms with Gasteiger partial charge in [0.2, 0.25) is 0 Å². The van der Waals surface area contributed by atoms with Crippen molar-refractivity contribution in [2.45, 2.75) is 40.0 Å². The molecule has 0 N–H and O–H groups in total. The summed E-state index contributed by atoms with van der Waals surface area (Å²) in [7, 11) is 0. The van der Waals surface area contributed by atoms with Crippen LogP contribution in [0.25, 0.3) is 32.5 Å². The van der Waals surface area contributed by atoms with Crippen LogP contribution in [0.1, 0.15) is 46.5 Å². The highest BCUT2D eigenvalue weighted by Gasteiger charge is 2.38. The largest absolute Gasteiger partial charge is 0.310 e. The summed E-state index contributed by atoms with van der Waals surface area (Å²) in [4.78, 5) is 7.87. The molecule has 0 amide bonds. The molecule has 1 aliphatic rings. The van der Waals surface area contributed by atoms with Crippen LogP contribution in [0.4, 0.5) is 17.1 Å². The number of nitrogens with zero attached hydrogens (tertiary/aromatic N) is 3. The van der Waals surface area contributed by atoms with Gasteiger partial charge in [-0.15, -0.1) is 11.3 Å². The van der Waals surface area contributed by atoms with Crippen LogP contribution in [-0.2, 0) is 5.41 Å². The molecule has 5 aromatic rings. The van der Waals surface area contributed by atoms with Crippen molar-refractivity contribution in [2.24, 2.45) is 0 Å². The maximum absolute atomic E-state index is 9.26. The highest BCUT2D eigenvalue weighted by atomic mass is 32.1. The lowest BCUT2D eigenvalue weighted by Crippen LogP contribution is -2.16. The third-order valence-electron chi connectivity index (χ3n) is 8.52. The number of fused-ring (bicyclic) bond motifs is 3. The summed E-state index contributed by atoms with van der Waals surface area (Å²) >= 11 is 1.65. The SMILES string of the molecule is [C-]#[N+]/C(C#N)=C\c1cc2c(s1)-c1ccc(N(c3ccc(-c4ccccc4)cc3)c3cc(C)c(C)c(C)c3)cc1C2(C)C. The van der Waals surface area contributed by atoms with Gasteiger partial charge in [0.15, 0.2) is 0 Å². The van der Waals surface area contributed by atoms with Crippen molar-refractivity contribution in [3.8, 4) is 27.6 Å². The van der Waals surface area contributed by atoms with Crippen LogP contribution in [0.5, 0.6) is 0 Å². The van der Waals surface area contributed by atoms with E-state index in [9.17, 15) is 5.26 Å². The van der Waals surface area contributed by atoms with Gasteiger partial charge in [-0.25, -0.2) is 10.1 Å². The topological polar surface area (TPSA) is 31.4 Å². The van der Waals surface area contributed by atoms with Gasteiger partial charge >= 0.3 is 0 Å². The number of rotatable bonds is 5. The van der Waals surface area contributed by atoms with Gasteiger partial charge in [-0.3, -0.25) is 0 Å². The highest BCUT2D eigenvalue weighted by molar-refractivity contribution is 7.16. The molecular formula is C38H31N3S. The summed E-state index contributed by atoms with van der Waals surface area (Å²) < 4.78 is 0. The molecule has 0 saturated heterocycles. The molecule has 0 bridgehead atoms. The fourth-order valence-electron chi connectivity index (χ4n) is 5.92. The summed E-state index contributed by atoms with van der Waals surface area (Å²) in [5.41, 5.74) is 13.3. The summed E-state index contributed by atoms with van der Waals surface area (Å²) in [5.74, 6) is 0. The second kappa shape index (κ2) is 10.5. The molecular weight excluding hydrogens is 531 g/mol. The zero-order valence-corrected chi connectivity index (χ0v) is 25.3. The fraction of sp³-hybridized carbons (Fsp3) is 0.158. The predicted octanol–water partition coefficient (Wildman–Crippen LogP) is 10.9. The van der Waals surface area contributed by atoms with Crippen molar-refractivity contribution in [1.29, 1.82) is 5.26 Å². The lowest BCUT2D eigenvalue weighted by molar-refractivity contribution is 0.662. The van der Waals surface area contributed by atoms with Crippen LogP contribution >= 0.6 is 11.3 Å². The van der Waals surface area contributed by atoms with E-state index in [0.717, 1.165) is 21.9 Å². The van der Waals surface area contributed by atoms with Gasteiger partial charge in [0, 0.05) is 32.2 Å². The van der Waals surface area contributed by atoms with Crippen LogP contribution in [-0.4, -0.2) is 0 Å². The summed E-state index contributed by atoms with van der Waals surface area (Å²) in [6.45, 7) is 18.3. The Morgan fingerprint density at radius 2 is 1.45 bits per heavy atom. The maximum Gasteiger partial charge on any atom is 0.263 e. The van der Waals surface area contributed by atoms with Gasteiger partial charge < -0.3 is 4.90 Å². The number of anilines is 3. The number of nitriles is 1. The van der Waals surface area contributed by atoms with Crippen molar-refractivity contribution >= 4 is 34.5 Å². The highest BCUT2D eigenvalue weighted by Crippen LogP contribution is 2.54. The fourth-order valence-corrected chi connectivity index (χ4v) is 7.22. The smallest absolute Gasteiger partial charge is 0.263 e. The van der Waals surface area contributed by atoms with Crippen molar-refractivity contribution < 1.29 is 0 Å². The minimum atomic E-state index is -0.212. The molecule has 0 fully saturated rings. The first-order chi connectivity index (χ1) is 20.2. The van der Waals surface area contributed by atoms with Crippen molar-refractivity contribution in [3.05, 3.63) is 141 Å². The van der Waals surface area contributed by atoms with Crippen molar-refractivity contribution in [3.63, 3.8) is 0 Å². The van der Waals surface area contributed by atoms with E-state index in [1.54, 1.807) is 17.4 Å². The molecule has 0 unspecified atom stereocenters. The molecule has 0 spiro atoms. The van der Waals surface area contributed by atoms with Crippen LogP contribution in [0.15, 0.2) is 96.7 Å². The quantitative estimate of drug-likeness (QED) is 0.158. The second-order valence-electron chi connectivity index (χ2n) is 11.5. The maximum atomic E-state index is 9.26. The average molecular weight is 562 g/mol. The van der Waals surface area contributed by atoms with Gasteiger partial charge in [0.05, 0.1) is 12.6 Å². The van der Waals surface area contributed by atoms with E-state index in [4.69, 9.17) is 6.57 Å². The molecule has 42 heavy (non-hydrogen) atoms. The second-order valence-corrected chi connectivity index (χ2v) is 12.5.